The lowest BCUT2D eigenvalue weighted by molar-refractivity contribution is 0.0931. The molecule has 0 fully saturated rings. The van der Waals surface area contributed by atoms with Crippen molar-refractivity contribution in [2.45, 2.75) is 25.3 Å². The molecule has 0 aromatic heterocycles. The molecule has 0 saturated carbocycles. The van der Waals surface area contributed by atoms with Gasteiger partial charge in [-0.05, 0) is 48.6 Å². The Balaban J connectivity index is 1.73. The number of rotatable bonds is 2. The molecular formula is C17H18N2O2. The minimum Gasteiger partial charge on any atom is -0.507 e. The molecule has 108 valence electrons. The first-order chi connectivity index (χ1) is 10.1. The molecule has 3 rings (SSSR count). The quantitative estimate of drug-likeness (QED) is 0.584. The number of hydrogen-bond acceptors (Lipinski definition) is 3. The van der Waals surface area contributed by atoms with E-state index in [1.807, 2.05) is 12.1 Å². The smallest absolute Gasteiger partial charge is 0.255 e. The van der Waals surface area contributed by atoms with Crippen LogP contribution in [-0.4, -0.2) is 17.1 Å². The number of carbonyl (C=O) groups excluding carboxylic acids is 1. The third-order valence-electron chi connectivity index (χ3n) is 3.95. The molecule has 21 heavy (non-hydrogen) atoms. The van der Waals surface area contributed by atoms with Crippen LogP contribution in [0.1, 0.15) is 27.9 Å². The topological polar surface area (TPSA) is 75.3 Å². The zero-order chi connectivity index (χ0) is 14.8. The first-order valence-electron chi connectivity index (χ1n) is 7.09. The van der Waals surface area contributed by atoms with Crippen LogP contribution in [0.25, 0.3) is 0 Å². The van der Waals surface area contributed by atoms with E-state index >= 15 is 0 Å². The summed E-state index contributed by atoms with van der Waals surface area (Å²) in [6, 6.07) is 12.9. The highest BCUT2D eigenvalue weighted by Crippen LogP contribution is 2.23. The van der Waals surface area contributed by atoms with Gasteiger partial charge in [-0.25, -0.2) is 0 Å². The average Bonchev–Trinajstić information content (AvgIpc) is 2.49. The lowest BCUT2D eigenvalue weighted by Gasteiger charge is -2.25. The van der Waals surface area contributed by atoms with Crippen molar-refractivity contribution >= 4 is 11.6 Å². The Morgan fingerprint density at radius 2 is 1.95 bits per heavy atom. The SMILES string of the molecule is Nc1ccc(O)c(C(=O)NC2CCc3ccccc3C2)c1. The maximum absolute atomic E-state index is 12.3. The Morgan fingerprint density at radius 3 is 2.76 bits per heavy atom. The molecule has 0 heterocycles. The van der Waals surface area contributed by atoms with E-state index < -0.39 is 0 Å². The third kappa shape index (κ3) is 2.84. The van der Waals surface area contributed by atoms with Gasteiger partial charge in [0.2, 0.25) is 0 Å². The summed E-state index contributed by atoms with van der Waals surface area (Å²) in [6.45, 7) is 0. The highest BCUT2D eigenvalue weighted by atomic mass is 16.3. The molecule has 0 bridgehead atoms. The van der Waals surface area contributed by atoms with Gasteiger partial charge in [0, 0.05) is 11.7 Å². The average molecular weight is 282 g/mol. The van der Waals surface area contributed by atoms with Crippen LogP contribution in [0, 0.1) is 0 Å². The molecule has 1 amide bonds. The Kier molecular flexibility index (Phi) is 3.52. The number of aryl methyl sites for hydroxylation is 1. The van der Waals surface area contributed by atoms with Gasteiger partial charge in [-0.3, -0.25) is 4.79 Å². The normalized spacial score (nSPS) is 17.0. The lowest BCUT2D eigenvalue weighted by atomic mass is 9.88. The standard InChI is InChI=1S/C17H18N2O2/c18-13-6-8-16(20)15(10-13)17(21)19-14-7-5-11-3-1-2-4-12(11)9-14/h1-4,6,8,10,14,20H,5,7,9,18H2,(H,19,21). The summed E-state index contributed by atoms with van der Waals surface area (Å²) in [7, 11) is 0. The second-order valence-electron chi connectivity index (χ2n) is 5.46. The fourth-order valence-corrected chi connectivity index (χ4v) is 2.82. The Hall–Kier alpha value is -2.49. The van der Waals surface area contributed by atoms with Gasteiger partial charge in [-0.15, -0.1) is 0 Å². The Morgan fingerprint density at radius 1 is 1.19 bits per heavy atom. The van der Waals surface area contributed by atoms with E-state index in [0.717, 1.165) is 19.3 Å². The summed E-state index contributed by atoms with van der Waals surface area (Å²) in [5.41, 5.74) is 9.01. The van der Waals surface area contributed by atoms with Crippen LogP contribution in [0.5, 0.6) is 5.75 Å². The van der Waals surface area contributed by atoms with E-state index in [9.17, 15) is 9.90 Å². The van der Waals surface area contributed by atoms with Crippen molar-refractivity contribution in [1.29, 1.82) is 0 Å². The molecule has 4 N–H and O–H groups in total. The molecule has 0 aliphatic heterocycles. The molecule has 4 nitrogen and oxygen atoms in total. The number of nitrogens with one attached hydrogen (secondary N) is 1. The van der Waals surface area contributed by atoms with Gasteiger partial charge >= 0.3 is 0 Å². The van der Waals surface area contributed by atoms with Crippen molar-refractivity contribution in [1.82, 2.24) is 5.32 Å². The number of amides is 1. The van der Waals surface area contributed by atoms with Gasteiger partial charge in [-0.2, -0.15) is 0 Å². The molecule has 1 aliphatic rings. The van der Waals surface area contributed by atoms with Crippen molar-refractivity contribution in [3.63, 3.8) is 0 Å². The van der Waals surface area contributed by atoms with Crippen molar-refractivity contribution in [3.8, 4) is 5.75 Å². The second kappa shape index (κ2) is 5.48. The van der Waals surface area contributed by atoms with Crippen LogP contribution in [0.2, 0.25) is 0 Å². The largest absolute Gasteiger partial charge is 0.507 e. The van der Waals surface area contributed by atoms with Crippen LogP contribution >= 0.6 is 0 Å². The molecule has 2 aromatic carbocycles. The molecule has 1 atom stereocenters. The first-order valence-corrected chi connectivity index (χ1v) is 7.09. The summed E-state index contributed by atoms with van der Waals surface area (Å²) in [6.07, 6.45) is 2.70. The minimum atomic E-state index is -0.274. The zero-order valence-electron chi connectivity index (χ0n) is 11.7. The predicted molar refractivity (Wildman–Crippen MR) is 82.2 cm³/mol. The Labute approximate surface area is 123 Å². The summed E-state index contributed by atoms with van der Waals surface area (Å²) < 4.78 is 0. The van der Waals surface area contributed by atoms with Gasteiger partial charge in [-0.1, -0.05) is 24.3 Å². The van der Waals surface area contributed by atoms with Crippen LogP contribution < -0.4 is 11.1 Å². The first kappa shape index (κ1) is 13.5. The summed E-state index contributed by atoms with van der Waals surface area (Å²) >= 11 is 0. The molecule has 0 radical (unpaired) electrons. The number of fused-ring (bicyclic) bond motifs is 1. The van der Waals surface area contributed by atoms with Gasteiger partial charge in [0.25, 0.3) is 5.91 Å². The summed E-state index contributed by atoms with van der Waals surface area (Å²) in [5, 5.41) is 12.8. The van der Waals surface area contributed by atoms with Crippen LogP contribution in [0.4, 0.5) is 5.69 Å². The number of carbonyl (C=O) groups is 1. The van der Waals surface area contributed by atoms with E-state index in [1.54, 1.807) is 6.07 Å². The Bertz CT molecular complexity index is 682. The number of hydrogen-bond donors (Lipinski definition) is 3. The molecule has 0 saturated heterocycles. The van der Waals surface area contributed by atoms with Gasteiger partial charge in [0.1, 0.15) is 5.75 Å². The fraction of sp³-hybridized carbons (Fsp3) is 0.235. The van der Waals surface area contributed by atoms with E-state index in [1.165, 1.54) is 23.3 Å². The molecule has 1 aliphatic carbocycles. The monoisotopic (exact) mass is 282 g/mol. The van der Waals surface area contributed by atoms with E-state index in [2.05, 4.69) is 17.4 Å². The van der Waals surface area contributed by atoms with E-state index in [0.29, 0.717) is 5.69 Å². The number of aromatic hydroxyl groups is 1. The molecule has 2 aromatic rings. The number of phenols is 1. The van der Waals surface area contributed by atoms with Crippen molar-refractivity contribution in [2.75, 3.05) is 5.73 Å². The van der Waals surface area contributed by atoms with E-state index in [-0.39, 0.29) is 23.3 Å². The maximum Gasteiger partial charge on any atom is 0.255 e. The predicted octanol–water partition coefficient (Wildman–Crippen LogP) is 2.26. The number of benzene rings is 2. The van der Waals surface area contributed by atoms with Crippen molar-refractivity contribution in [3.05, 3.63) is 59.2 Å². The minimum absolute atomic E-state index is 0.0436. The molecular weight excluding hydrogens is 264 g/mol. The molecule has 1 unspecified atom stereocenters. The summed E-state index contributed by atoms with van der Waals surface area (Å²) in [4.78, 5) is 12.3. The van der Waals surface area contributed by atoms with Gasteiger partial charge < -0.3 is 16.2 Å². The summed E-state index contributed by atoms with van der Waals surface area (Å²) in [5.74, 6) is -0.318. The maximum atomic E-state index is 12.3. The van der Waals surface area contributed by atoms with Crippen LogP contribution in [0.3, 0.4) is 0 Å². The molecule has 0 spiro atoms. The van der Waals surface area contributed by atoms with Crippen molar-refractivity contribution < 1.29 is 9.90 Å². The zero-order valence-corrected chi connectivity index (χ0v) is 11.7. The third-order valence-corrected chi connectivity index (χ3v) is 3.95. The highest BCUT2D eigenvalue weighted by Gasteiger charge is 2.21. The number of anilines is 1. The van der Waals surface area contributed by atoms with E-state index in [4.69, 9.17) is 5.73 Å². The lowest BCUT2D eigenvalue weighted by Crippen LogP contribution is -2.38. The number of phenolic OH excluding ortho intramolecular Hbond substituents is 1. The van der Waals surface area contributed by atoms with Crippen LogP contribution in [-0.2, 0) is 12.8 Å². The van der Waals surface area contributed by atoms with Gasteiger partial charge in [0.15, 0.2) is 0 Å². The highest BCUT2D eigenvalue weighted by molar-refractivity contribution is 5.97. The molecule has 4 heteroatoms. The van der Waals surface area contributed by atoms with Gasteiger partial charge in [0.05, 0.1) is 5.56 Å². The number of nitrogens with two attached hydrogens (primary N) is 1. The van der Waals surface area contributed by atoms with Crippen molar-refractivity contribution in [2.24, 2.45) is 0 Å². The van der Waals surface area contributed by atoms with Crippen LogP contribution in [0.15, 0.2) is 42.5 Å². The fourth-order valence-electron chi connectivity index (χ4n) is 2.82. The second-order valence-corrected chi connectivity index (χ2v) is 5.46. The number of nitrogen functional groups attached to an aromatic ring is 1.